The minimum Gasteiger partial charge on any atom is -0.489 e. The van der Waals surface area contributed by atoms with Gasteiger partial charge >= 0.3 is 0 Å². The van der Waals surface area contributed by atoms with E-state index in [1.54, 1.807) is 18.6 Å². The van der Waals surface area contributed by atoms with Crippen molar-refractivity contribution in [3.8, 4) is 28.5 Å². The number of nitrogen functional groups attached to an aromatic ring is 1. The monoisotopic (exact) mass is 565 g/mol. The van der Waals surface area contributed by atoms with Gasteiger partial charge in [-0.2, -0.15) is 0 Å². The standard InChI is InChI=1S/C31H33N7O2.C2H6/c1-20-13-26(39-19-22-17-34-21(2)35-18-22)16-27(14-20)40-25-8-6-23(7-9-25)29-30-31(32)33-10-12-38(30)28(36-29)15-24-5-4-11-37(24)3;1-2/h6-10,12-14,16-18,24H,4-5,11,15,19H2,1-3H3,(H2,32,33);1-2H3/t24-;/m1./s1. The van der Waals surface area contributed by atoms with E-state index in [4.69, 9.17) is 20.2 Å². The fourth-order valence-corrected chi connectivity index (χ4v) is 5.25. The molecule has 9 nitrogen and oxygen atoms in total. The second kappa shape index (κ2) is 13.0. The molecule has 2 N–H and O–H groups in total. The number of rotatable bonds is 8. The molecule has 0 saturated carbocycles. The summed E-state index contributed by atoms with van der Waals surface area (Å²) in [7, 11) is 2.19. The van der Waals surface area contributed by atoms with Crippen LogP contribution < -0.4 is 15.2 Å². The second-order valence-corrected chi connectivity index (χ2v) is 10.4. The number of nitrogens with zero attached hydrogens (tertiary/aromatic N) is 6. The van der Waals surface area contributed by atoms with Gasteiger partial charge in [0.25, 0.3) is 0 Å². The lowest BCUT2D eigenvalue weighted by Crippen LogP contribution is -2.27. The van der Waals surface area contributed by atoms with Gasteiger partial charge in [0.1, 0.15) is 52.5 Å². The molecule has 0 unspecified atom stereocenters. The number of hydrogen-bond acceptors (Lipinski definition) is 8. The van der Waals surface area contributed by atoms with E-state index in [0.29, 0.717) is 24.2 Å². The summed E-state index contributed by atoms with van der Waals surface area (Å²) < 4.78 is 14.3. The Balaban J connectivity index is 0.00000173. The van der Waals surface area contributed by atoms with Gasteiger partial charge in [0.05, 0.1) is 0 Å². The molecule has 4 heterocycles. The van der Waals surface area contributed by atoms with E-state index in [1.165, 1.54) is 12.8 Å². The van der Waals surface area contributed by atoms with Crippen molar-refractivity contribution in [3.05, 3.63) is 90.0 Å². The Labute approximate surface area is 247 Å². The summed E-state index contributed by atoms with van der Waals surface area (Å²) in [4.78, 5) is 20.3. The van der Waals surface area contributed by atoms with Gasteiger partial charge in [0, 0.05) is 54.4 Å². The van der Waals surface area contributed by atoms with E-state index in [2.05, 4.69) is 31.3 Å². The largest absolute Gasteiger partial charge is 0.489 e. The van der Waals surface area contributed by atoms with Crippen LogP contribution in [-0.4, -0.2) is 48.9 Å². The van der Waals surface area contributed by atoms with Crippen molar-refractivity contribution < 1.29 is 9.47 Å². The summed E-state index contributed by atoms with van der Waals surface area (Å²) in [6.45, 7) is 9.38. The van der Waals surface area contributed by atoms with E-state index in [9.17, 15) is 0 Å². The number of aryl methyl sites for hydroxylation is 2. The minimum atomic E-state index is 0.382. The zero-order chi connectivity index (χ0) is 29.6. The van der Waals surface area contributed by atoms with Crippen LogP contribution in [0.4, 0.5) is 5.82 Å². The van der Waals surface area contributed by atoms with Crippen LogP contribution >= 0.6 is 0 Å². The molecule has 0 aliphatic carbocycles. The van der Waals surface area contributed by atoms with Crippen LogP contribution in [0.2, 0.25) is 0 Å². The molecule has 1 fully saturated rings. The first kappa shape index (κ1) is 29.0. The fraction of sp³-hybridized carbons (Fsp3) is 0.333. The molecule has 0 bridgehead atoms. The smallest absolute Gasteiger partial charge is 0.150 e. The zero-order valence-electron chi connectivity index (χ0n) is 25.0. The van der Waals surface area contributed by atoms with E-state index in [1.807, 2.05) is 76.4 Å². The Morgan fingerprint density at radius 3 is 2.40 bits per heavy atom. The van der Waals surface area contributed by atoms with Crippen LogP contribution in [0.3, 0.4) is 0 Å². The normalized spacial score (nSPS) is 14.9. The Morgan fingerprint density at radius 2 is 1.69 bits per heavy atom. The molecule has 0 spiro atoms. The highest BCUT2D eigenvalue weighted by Crippen LogP contribution is 2.33. The molecule has 1 aliphatic heterocycles. The van der Waals surface area contributed by atoms with Crippen molar-refractivity contribution in [2.24, 2.45) is 0 Å². The lowest BCUT2D eigenvalue weighted by molar-refractivity contribution is 0.303. The molecule has 3 aromatic heterocycles. The van der Waals surface area contributed by atoms with Gasteiger partial charge in [0.2, 0.25) is 0 Å². The van der Waals surface area contributed by atoms with Crippen molar-refractivity contribution >= 4 is 11.3 Å². The Hall–Kier alpha value is -4.50. The number of likely N-dealkylation sites (N-methyl/N-ethyl adjacent to an activating group) is 1. The highest BCUT2D eigenvalue weighted by Gasteiger charge is 2.24. The molecule has 5 aromatic rings. The third-order valence-electron chi connectivity index (χ3n) is 7.37. The number of aromatic nitrogens is 5. The van der Waals surface area contributed by atoms with E-state index < -0.39 is 0 Å². The molecular formula is C33H39N7O2. The quantitative estimate of drug-likeness (QED) is 0.230. The van der Waals surface area contributed by atoms with Gasteiger partial charge in [-0.05, 0) is 82.2 Å². The maximum atomic E-state index is 6.35. The van der Waals surface area contributed by atoms with Crippen molar-refractivity contribution in [3.63, 3.8) is 0 Å². The van der Waals surface area contributed by atoms with Crippen LogP contribution in [0.1, 0.15) is 49.5 Å². The summed E-state index contributed by atoms with van der Waals surface area (Å²) in [5.74, 6) is 4.35. The number of fused-ring (bicyclic) bond motifs is 1. The molecule has 1 aliphatic rings. The van der Waals surface area contributed by atoms with Crippen LogP contribution in [0.5, 0.6) is 17.2 Å². The topological polar surface area (TPSA) is 104 Å². The van der Waals surface area contributed by atoms with Gasteiger partial charge < -0.3 is 20.1 Å². The lowest BCUT2D eigenvalue weighted by Gasteiger charge is -2.18. The van der Waals surface area contributed by atoms with E-state index >= 15 is 0 Å². The second-order valence-electron chi connectivity index (χ2n) is 10.4. The zero-order valence-corrected chi connectivity index (χ0v) is 25.0. The molecule has 1 saturated heterocycles. The number of anilines is 1. The Morgan fingerprint density at radius 1 is 0.952 bits per heavy atom. The first-order valence-corrected chi connectivity index (χ1v) is 14.5. The maximum Gasteiger partial charge on any atom is 0.150 e. The van der Waals surface area contributed by atoms with Crippen molar-refractivity contribution in [2.45, 2.75) is 59.6 Å². The molecule has 1 atom stereocenters. The molecular weight excluding hydrogens is 526 g/mol. The third-order valence-corrected chi connectivity index (χ3v) is 7.37. The number of benzene rings is 2. The van der Waals surface area contributed by atoms with Gasteiger partial charge in [-0.1, -0.05) is 13.8 Å². The van der Waals surface area contributed by atoms with E-state index in [-0.39, 0.29) is 0 Å². The van der Waals surface area contributed by atoms with Crippen LogP contribution in [0.15, 0.2) is 67.3 Å². The number of hydrogen-bond donors (Lipinski definition) is 1. The number of imidazole rings is 1. The van der Waals surface area contributed by atoms with Crippen molar-refractivity contribution in [1.29, 1.82) is 0 Å². The van der Waals surface area contributed by atoms with Crippen LogP contribution in [-0.2, 0) is 13.0 Å². The molecule has 0 amide bonds. The maximum absolute atomic E-state index is 6.35. The molecule has 0 radical (unpaired) electrons. The number of nitrogens with two attached hydrogens (primary N) is 1. The lowest BCUT2D eigenvalue weighted by atomic mass is 10.1. The minimum absolute atomic E-state index is 0.382. The third kappa shape index (κ3) is 6.52. The van der Waals surface area contributed by atoms with Gasteiger partial charge in [-0.25, -0.2) is 19.9 Å². The van der Waals surface area contributed by atoms with Gasteiger partial charge in [-0.15, -0.1) is 0 Å². The summed E-state index contributed by atoms with van der Waals surface area (Å²) in [6, 6.07) is 14.3. The van der Waals surface area contributed by atoms with Crippen molar-refractivity contribution in [2.75, 3.05) is 19.3 Å². The average Bonchev–Trinajstić information content (AvgIpc) is 3.58. The number of ether oxygens (including phenoxy) is 2. The Kier molecular flexibility index (Phi) is 8.97. The highest BCUT2D eigenvalue weighted by molar-refractivity contribution is 5.85. The molecule has 6 rings (SSSR count). The van der Waals surface area contributed by atoms with Crippen LogP contribution in [0, 0.1) is 13.8 Å². The fourth-order valence-electron chi connectivity index (χ4n) is 5.25. The molecule has 218 valence electrons. The summed E-state index contributed by atoms with van der Waals surface area (Å²) >= 11 is 0. The predicted molar refractivity (Wildman–Crippen MR) is 166 cm³/mol. The van der Waals surface area contributed by atoms with Gasteiger partial charge in [0.15, 0.2) is 0 Å². The van der Waals surface area contributed by atoms with Crippen LogP contribution in [0.25, 0.3) is 16.8 Å². The molecule has 42 heavy (non-hydrogen) atoms. The highest BCUT2D eigenvalue weighted by atomic mass is 16.5. The first-order chi connectivity index (χ1) is 20.4. The Bertz CT molecular complexity index is 1630. The number of likely N-dealkylation sites (tertiary alicyclic amines) is 1. The summed E-state index contributed by atoms with van der Waals surface area (Å²) in [6.07, 6.45) is 10.5. The van der Waals surface area contributed by atoms with Crippen molar-refractivity contribution in [1.82, 2.24) is 29.2 Å². The molecule has 9 heteroatoms. The summed E-state index contributed by atoms with van der Waals surface area (Å²) in [5.41, 5.74) is 10.9. The average molecular weight is 566 g/mol. The van der Waals surface area contributed by atoms with Gasteiger partial charge in [-0.3, -0.25) is 4.40 Å². The SMILES string of the molecule is CC.Cc1cc(OCc2cnc(C)nc2)cc(Oc2ccc(-c3nc(C[C@H]4CCCN4C)n4ccnc(N)c34)cc2)c1. The molecule has 2 aromatic carbocycles. The summed E-state index contributed by atoms with van der Waals surface area (Å²) in [5, 5.41) is 0. The first-order valence-electron chi connectivity index (χ1n) is 14.5. The predicted octanol–water partition coefficient (Wildman–Crippen LogP) is 6.42. The van der Waals surface area contributed by atoms with E-state index in [0.717, 1.165) is 64.0 Å².